The first-order chi connectivity index (χ1) is 11.2. The average molecular weight is 300 g/mol. The second-order valence-electron chi connectivity index (χ2n) is 6.25. The van der Waals surface area contributed by atoms with E-state index in [0.717, 1.165) is 0 Å². The number of rotatable bonds is 2. The van der Waals surface area contributed by atoms with Gasteiger partial charge in [-0.25, -0.2) is 0 Å². The maximum Gasteiger partial charge on any atom is 0.0541 e. The Morgan fingerprint density at radius 1 is 0.739 bits per heavy atom. The van der Waals surface area contributed by atoms with E-state index in [1.807, 2.05) is 0 Å². The predicted molar refractivity (Wildman–Crippen MR) is 98.1 cm³/mol. The molecule has 3 aromatic carbocycles. The summed E-state index contributed by atoms with van der Waals surface area (Å²) in [7, 11) is 0. The largest absolute Gasteiger partial charge is 0.326 e. The van der Waals surface area contributed by atoms with Crippen LogP contribution in [-0.4, -0.2) is 4.57 Å². The van der Waals surface area contributed by atoms with E-state index in [9.17, 15) is 0 Å². The molecule has 114 valence electrons. The SMILES string of the molecule is Cc1ccc(-n2c3ccc(C)cc3c3cc(CN)ccc32)cc1. The number of aryl methyl sites for hydroxylation is 2. The number of fused-ring (bicyclic) bond motifs is 3. The van der Waals surface area contributed by atoms with Gasteiger partial charge in [0.2, 0.25) is 0 Å². The Labute approximate surface area is 136 Å². The van der Waals surface area contributed by atoms with Crippen LogP contribution < -0.4 is 5.73 Å². The summed E-state index contributed by atoms with van der Waals surface area (Å²) in [4.78, 5) is 0. The highest BCUT2D eigenvalue weighted by atomic mass is 15.0. The van der Waals surface area contributed by atoms with E-state index < -0.39 is 0 Å². The summed E-state index contributed by atoms with van der Waals surface area (Å²) in [5.74, 6) is 0. The lowest BCUT2D eigenvalue weighted by Crippen LogP contribution is -1.96. The van der Waals surface area contributed by atoms with Crippen LogP contribution in [0.3, 0.4) is 0 Å². The zero-order valence-electron chi connectivity index (χ0n) is 13.5. The van der Waals surface area contributed by atoms with Crippen molar-refractivity contribution in [3.05, 3.63) is 77.4 Å². The molecular weight excluding hydrogens is 280 g/mol. The van der Waals surface area contributed by atoms with E-state index in [0.29, 0.717) is 6.54 Å². The summed E-state index contributed by atoms with van der Waals surface area (Å²) >= 11 is 0. The summed E-state index contributed by atoms with van der Waals surface area (Å²) in [6.45, 7) is 4.83. The Morgan fingerprint density at radius 2 is 1.35 bits per heavy atom. The van der Waals surface area contributed by atoms with E-state index in [1.165, 1.54) is 44.2 Å². The number of hydrogen-bond donors (Lipinski definition) is 1. The number of hydrogen-bond acceptors (Lipinski definition) is 1. The zero-order chi connectivity index (χ0) is 16.0. The Morgan fingerprint density at radius 3 is 2.04 bits per heavy atom. The highest BCUT2D eigenvalue weighted by molar-refractivity contribution is 6.09. The van der Waals surface area contributed by atoms with Crippen molar-refractivity contribution in [2.45, 2.75) is 20.4 Å². The third-order valence-corrected chi connectivity index (χ3v) is 4.51. The topological polar surface area (TPSA) is 30.9 Å². The molecule has 0 aliphatic carbocycles. The second kappa shape index (κ2) is 5.25. The van der Waals surface area contributed by atoms with Gasteiger partial charge < -0.3 is 10.3 Å². The predicted octanol–water partition coefficient (Wildman–Crippen LogP) is 4.86. The van der Waals surface area contributed by atoms with Crippen LogP contribution in [0.15, 0.2) is 60.7 Å². The molecule has 2 nitrogen and oxygen atoms in total. The number of nitrogens with zero attached hydrogens (tertiary/aromatic N) is 1. The van der Waals surface area contributed by atoms with Gasteiger partial charge >= 0.3 is 0 Å². The lowest BCUT2D eigenvalue weighted by molar-refractivity contribution is 1.07. The van der Waals surface area contributed by atoms with Gasteiger partial charge in [0.05, 0.1) is 11.0 Å². The van der Waals surface area contributed by atoms with Gasteiger partial charge in [-0.15, -0.1) is 0 Å². The molecule has 0 aliphatic heterocycles. The molecule has 1 aromatic heterocycles. The highest BCUT2D eigenvalue weighted by Crippen LogP contribution is 2.33. The van der Waals surface area contributed by atoms with Crippen LogP contribution in [0.5, 0.6) is 0 Å². The normalized spacial score (nSPS) is 11.4. The third kappa shape index (κ3) is 2.23. The first-order valence-corrected chi connectivity index (χ1v) is 7.98. The maximum absolute atomic E-state index is 5.84. The van der Waals surface area contributed by atoms with Gasteiger partial charge in [-0.3, -0.25) is 0 Å². The summed E-state index contributed by atoms with van der Waals surface area (Å²) < 4.78 is 2.34. The van der Waals surface area contributed by atoms with Gasteiger partial charge in [0.1, 0.15) is 0 Å². The molecule has 2 N–H and O–H groups in total. The van der Waals surface area contributed by atoms with E-state index in [2.05, 4.69) is 79.1 Å². The Kier molecular flexibility index (Phi) is 3.21. The van der Waals surface area contributed by atoms with Gasteiger partial charge in [-0.2, -0.15) is 0 Å². The van der Waals surface area contributed by atoms with Crippen molar-refractivity contribution in [1.29, 1.82) is 0 Å². The van der Waals surface area contributed by atoms with Crippen molar-refractivity contribution >= 4 is 21.8 Å². The fourth-order valence-electron chi connectivity index (χ4n) is 3.28. The monoisotopic (exact) mass is 300 g/mol. The first kappa shape index (κ1) is 14.0. The molecule has 0 atom stereocenters. The van der Waals surface area contributed by atoms with Gasteiger partial charge in [-0.05, 0) is 55.8 Å². The van der Waals surface area contributed by atoms with Crippen molar-refractivity contribution in [1.82, 2.24) is 4.57 Å². The molecule has 0 fully saturated rings. The van der Waals surface area contributed by atoms with Crippen LogP contribution in [-0.2, 0) is 6.54 Å². The third-order valence-electron chi connectivity index (χ3n) is 4.51. The summed E-state index contributed by atoms with van der Waals surface area (Å²) in [5.41, 5.74) is 13.2. The fraction of sp³-hybridized carbons (Fsp3) is 0.143. The Hall–Kier alpha value is -2.58. The lowest BCUT2D eigenvalue weighted by Gasteiger charge is -2.08. The standard InChI is InChI=1S/C21H20N2/c1-14-3-7-17(8-4-14)23-20-9-5-15(2)11-18(20)19-12-16(13-22)6-10-21(19)23/h3-12H,13,22H2,1-2H3. The molecule has 4 rings (SSSR count). The summed E-state index contributed by atoms with van der Waals surface area (Å²) in [6.07, 6.45) is 0. The zero-order valence-corrected chi connectivity index (χ0v) is 13.5. The van der Waals surface area contributed by atoms with E-state index >= 15 is 0 Å². The number of aromatic nitrogens is 1. The van der Waals surface area contributed by atoms with Crippen molar-refractivity contribution in [2.75, 3.05) is 0 Å². The number of benzene rings is 3. The van der Waals surface area contributed by atoms with Crippen LogP contribution in [0, 0.1) is 13.8 Å². The lowest BCUT2D eigenvalue weighted by atomic mass is 10.1. The van der Waals surface area contributed by atoms with Crippen LogP contribution in [0.1, 0.15) is 16.7 Å². The average Bonchev–Trinajstić information content (AvgIpc) is 2.88. The van der Waals surface area contributed by atoms with Gasteiger partial charge in [0, 0.05) is 23.0 Å². The van der Waals surface area contributed by atoms with Gasteiger partial charge in [-0.1, -0.05) is 35.4 Å². The van der Waals surface area contributed by atoms with Crippen molar-refractivity contribution in [3.63, 3.8) is 0 Å². The van der Waals surface area contributed by atoms with Crippen LogP contribution in [0.2, 0.25) is 0 Å². The molecule has 0 saturated heterocycles. The van der Waals surface area contributed by atoms with E-state index in [1.54, 1.807) is 0 Å². The molecule has 4 aromatic rings. The molecule has 0 spiro atoms. The van der Waals surface area contributed by atoms with Crippen LogP contribution >= 0.6 is 0 Å². The van der Waals surface area contributed by atoms with Gasteiger partial charge in [0.15, 0.2) is 0 Å². The van der Waals surface area contributed by atoms with Crippen molar-refractivity contribution in [2.24, 2.45) is 5.73 Å². The number of nitrogens with two attached hydrogens (primary N) is 1. The van der Waals surface area contributed by atoms with E-state index in [4.69, 9.17) is 5.73 Å². The molecule has 0 amide bonds. The second-order valence-corrected chi connectivity index (χ2v) is 6.25. The summed E-state index contributed by atoms with van der Waals surface area (Å²) in [6, 6.07) is 21.9. The molecule has 2 heteroatoms. The highest BCUT2D eigenvalue weighted by Gasteiger charge is 2.12. The van der Waals surface area contributed by atoms with Crippen molar-refractivity contribution in [3.8, 4) is 5.69 Å². The molecule has 1 heterocycles. The summed E-state index contributed by atoms with van der Waals surface area (Å²) in [5, 5.41) is 2.56. The Balaban J connectivity index is 2.14. The van der Waals surface area contributed by atoms with Crippen LogP contribution in [0.25, 0.3) is 27.5 Å². The molecular formula is C21H20N2. The minimum absolute atomic E-state index is 0.568. The van der Waals surface area contributed by atoms with Crippen molar-refractivity contribution < 1.29 is 0 Å². The molecule has 0 radical (unpaired) electrons. The molecule has 0 unspecified atom stereocenters. The smallest absolute Gasteiger partial charge is 0.0541 e. The molecule has 0 bridgehead atoms. The fourth-order valence-corrected chi connectivity index (χ4v) is 3.28. The minimum atomic E-state index is 0.568. The van der Waals surface area contributed by atoms with Gasteiger partial charge in [0.25, 0.3) is 0 Å². The van der Waals surface area contributed by atoms with E-state index in [-0.39, 0.29) is 0 Å². The molecule has 23 heavy (non-hydrogen) atoms. The molecule has 0 aliphatic rings. The quantitative estimate of drug-likeness (QED) is 0.563. The molecule has 0 saturated carbocycles. The van der Waals surface area contributed by atoms with Crippen LogP contribution in [0.4, 0.5) is 0 Å². The Bertz CT molecular complexity index is 1010. The maximum atomic E-state index is 5.84. The minimum Gasteiger partial charge on any atom is -0.326 e. The first-order valence-electron chi connectivity index (χ1n) is 7.98.